The van der Waals surface area contributed by atoms with Crippen LogP contribution in [0.15, 0.2) is 66.7 Å². The predicted octanol–water partition coefficient (Wildman–Crippen LogP) is 6.24. The van der Waals surface area contributed by atoms with Crippen molar-refractivity contribution < 1.29 is 4.79 Å². The molecular weight excluding hydrogens is 496 g/mol. The molecule has 4 aromatic rings. The average Bonchev–Trinajstić information content (AvgIpc) is 3.37. The van der Waals surface area contributed by atoms with E-state index in [1.54, 1.807) is 0 Å². The van der Waals surface area contributed by atoms with Crippen LogP contribution in [0, 0.1) is 5.92 Å². The minimum absolute atomic E-state index is 0.0456. The van der Waals surface area contributed by atoms with E-state index in [-0.39, 0.29) is 11.3 Å². The van der Waals surface area contributed by atoms with Crippen LogP contribution in [0.3, 0.4) is 0 Å². The van der Waals surface area contributed by atoms with E-state index in [0.717, 1.165) is 53.7 Å². The predicted molar refractivity (Wildman–Crippen MR) is 164 cm³/mol. The fourth-order valence-electron chi connectivity index (χ4n) is 5.49. The molecule has 1 aliphatic carbocycles. The molecule has 7 heteroatoms. The quantitative estimate of drug-likeness (QED) is 0.278. The van der Waals surface area contributed by atoms with Gasteiger partial charge >= 0.3 is 0 Å². The molecule has 40 heavy (non-hydrogen) atoms. The van der Waals surface area contributed by atoms with Gasteiger partial charge in [-0.1, -0.05) is 69.3 Å². The lowest BCUT2D eigenvalue weighted by atomic mass is 9.86. The van der Waals surface area contributed by atoms with E-state index in [1.165, 1.54) is 5.69 Å². The first kappa shape index (κ1) is 27.7. The summed E-state index contributed by atoms with van der Waals surface area (Å²) in [6.45, 7) is 7.65. The van der Waals surface area contributed by atoms with Gasteiger partial charge in [-0.25, -0.2) is 4.98 Å². The van der Waals surface area contributed by atoms with Crippen LogP contribution in [0.2, 0.25) is 0 Å². The first-order valence-electron chi connectivity index (χ1n) is 14.4. The highest BCUT2D eigenvalue weighted by Crippen LogP contribution is 2.30. The van der Waals surface area contributed by atoms with Gasteiger partial charge in [0.2, 0.25) is 0 Å². The van der Waals surface area contributed by atoms with E-state index in [9.17, 15) is 4.79 Å². The number of para-hydroxylation sites is 1. The molecule has 0 radical (unpaired) electrons. The van der Waals surface area contributed by atoms with Crippen LogP contribution in [0.4, 0.5) is 11.5 Å². The topological polar surface area (TPSA) is 75.1 Å². The van der Waals surface area contributed by atoms with Crippen LogP contribution in [-0.2, 0) is 12.0 Å². The number of aromatic nitrogens is 3. The number of hydrogen-bond donors (Lipinski definition) is 2. The van der Waals surface area contributed by atoms with Crippen LogP contribution < -0.4 is 15.5 Å². The molecule has 0 aliphatic heterocycles. The van der Waals surface area contributed by atoms with Gasteiger partial charge in [-0.05, 0) is 49.3 Å². The highest BCUT2D eigenvalue weighted by Gasteiger charge is 2.25. The van der Waals surface area contributed by atoms with Crippen LogP contribution in [0.1, 0.15) is 68.2 Å². The van der Waals surface area contributed by atoms with Gasteiger partial charge in [0.1, 0.15) is 11.5 Å². The van der Waals surface area contributed by atoms with Gasteiger partial charge in [0, 0.05) is 49.2 Å². The van der Waals surface area contributed by atoms with Crippen molar-refractivity contribution in [2.45, 2.75) is 64.5 Å². The molecule has 2 aromatic heterocycles. The fraction of sp³-hybridized carbons (Fsp3) is 0.424. The molecule has 5 rings (SSSR count). The van der Waals surface area contributed by atoms with Gasteiger partial charge in [-0.3, -0.25) is 9.48 Å². The number of carbonyl (C=O) groups is 1. The second-order valence-electron chi connectivity index (χ2n) is 12.3. The zero-order chi connectivity index (χ0) is 28.3. The third-order valence-electron chi connectivity index (χ3n) is 7.88. The summed E-state index contributed by atoms with van der Waals surface area (Å²) in [6, 6.07) is 23.0. The Morgan fingerprint density at radius 2 is 1.68 bits per heavy atom. The minimum atomic E-state index is -0.129. The van der Waals surface area contributed by atoms with Crippen molar-refractivity contribution in [3.8, 4) is 0 Å². The lowest BCUT2D eigenvalue weighted by Gasteiger charge is -2.30. The second kappa shape index (κ2) is 11.7. The molecule has 2 heterocycles. The molecule has 2 N–H and O–H groups in total. The Labute approximate surface area is 238 Å². The number of pyridine rings is 1. The molecule has 1 fully saturated rings. The van der Waals surface area contributed by atoms with Crippen molar-refractivity contribution in [3.05, 3.63) is 83.7 Å². The molecule has 0 spiro atoms. The maximum Gasteiger partial charge on any atom is 0.269 e. The van der Waals surface area contributed by atoms with Crippen molar-refractivity contribution >= 4 is 28.3 Å². The fourth-order valence-corrected chi connectivity index (χ4v) is 5.49. The summed E-state index contributed by atoms with van der Waals surface area (Å²) in [5, 5.41) is 12.9. The zero-order valence-corrected chi connectivity index (χ0v) is 24.4. The van der Waals surface area contributed by atoms with Gasteiger partial charge in [-0.15, -0.1) is 0 Å². The maximum absolute atomic E-state index is 13.3. The highest BCUT2D eigenvalue weighted by atomic mass is 16.2. The van der Waals surface area contributed by atoms with E-state index in [0.29, 0.717) is 30.7 Å². The lowest BCUT2D eigenvalue weighted by molar-refractivity contribution is 0.0933. The molecular formula is C33H42N6O. The first-order chi connectivity index (χ1) is 19.2. The molecule has 0 saturated heterocycles. The summed E-state index contributed by atoms with van der Waals surface area (Å²) in [4.78, 5) is 20.4. The molecule has 1 aliphatic rings. The minimum Gasteiger partial charge on any atom is -0.377 e. The molecule has 0 unspecified atom stereocenters. The Kier molecular flexibility index (Phi) is 8.10. The average molecular weight is 539 g/mol. The normalized spacial score (nSPS) is 17.5. The van der Waals surface area contributed by atoms with Gasteiger partial charge in [-0.2, -0.15) is 5.10 Å². The Morgan fingerprint density at radius 1 is 0.975 bits per heavy atom. The number of carbonyl (C=O) groups excluding carboxylic acids is 1. The summed E-state index contributed by atoms with van der Waals surface area (Å²) >= 11 is 0. The number of amides is 1. The van der Waals surface area contributed by atoms with Crippen molar-refractivity contribution in [2.24, 2.45) is 5.92 Å². The Bertz CT molecular complexity index is 1450. The van der Waals surface area contributed by atoms with E-state index >= 15 is 0 Å². The number of hydrogen-bond acceptors (Lipinski definition) is 5. The number of benzene rings is 2. The van der Waals surface area contributed by atoms with E-state index in [4.69, 9.17) is 10.1 Å². The van der Waals surface area contributed by atoms with Crippen molar-refractivity contribution in [1.82, 2.24) is 20.1 Å². The molecule has 0 bridgehead atoms. The summed E-state index contributed by atoms with van der Waals surface area (Å²) in [5.74, 6) is 1.35. The van der Waals surface area contributed by atoms with Crippen molar-refractivity contribution in [2.75, 3.05) is 30.9 Å². The van der Waals surface area contributed by atoms with Gasteiger partial charge in [0.15, 0.2) is 0 Å². The lowest BCUT2D eigenvalue weighted by Crippen LogP contribution is -2.35. The van der Waals surface area contributed by atoms with Crippen LogP contribution >= 0.6 is 0 Å². The Hall–Kier alpha value is -3.87. The zero-order valence-electron chi connectivity index (χ0n) is 24.4. The third-order valence-corrected chi connectivity index (χ3v) is 7.88. The van der Waals surface area contributed by atoms with E-state index in [2.05, 4.69) is 86.8 Å². The molecule has 2 aromatic carbocycles. The standard InChI is InChI=1S/C33H42N6O/c1-33(2,3)30-19-29(39(37-30)22-24-11-7-6-8-12-24)32(40)34-21-23-15-17-25(18-16-23)35-31-20-28(38(4)5)26-13-9-10-14-27(26)36-31/h6-14,19-20,23,25H,15-18,21-22H2,1-5H3,(H,34,40)(H,35,36). The SMILES string of the molecule is CN(C)c1cc(NC2CCC(CNC(=O)c3cc(C(C)(C)C)nn3Cc3ccccc3)CC2)nc2ccccc12. The number of nitrogens with zero attached hydrogens (tertiary/aromatic N) is 4. The van der Waals surface area contributed by atoms with Gasteiger partial charge in [0.05, 0.1) is 17.8 Å². The van der Waals surface area contributed by atoms with Crippen molar-refractivity contribution in [1.29, 1.82) is 0 Å². The Balaban J connectivity index is 1.18. The summed E-state index contributed by atoms with van der Waals surface area (Å²) < 4.78 is 1.85. The molecule has 7 nitrogen and oxygen atoms in total. The summed E-state index contributed by atoms with van der Waals surface area (Å²) in [6.07, 6.45) is 4.27. The van der Waals surface area contributed by atoms with Gasteiger partial charge in [0.25, 0.3) is 5.91 Å². The monoisotopic (exact) mass is 538 g/mol. The number of nitrogens with one attached hydrogen (secondary N) is 2. The second-order valence-corrected chi connectivity index (χ2v) is 12.3. The van der Waals surface area contributed by atoms with E-state index in [1.807, 2.05) is 35.0 Å². The molecule has 0 atom stereocenters. The largest absolute Gasteiger partial charge is 0.377 e. The van der Waals surface area contributed by atoms with Crippen LogP contribution in [-0.4, -0.2) is 47.4 Å². The summed E-state index contributed by atoms with van der Waals surface area (Å²) in [7, 11) is 4.15. The highest BCUT2D eigenvalue weighted by molar-refractivity contribution is 5.93. The van der Waals surface area contributed by atoms with Gasteiger partial charge < -0.3 is 15.5 Å². The number of anilines is 2. The molecule has 210 valence electrons. The van der Waals surface area contributed by atoms with Crippen LogP contribution in [0.5, 0.6) is 0 Å². The first-order valence-corrected chi connectivity index (χ1v) is 14.4. The smallest absolute Gasteiger partial charge is 0.269 e. The number of fused-ring (bicyclic) bond motifs is 1. The maximum atomic E-state index is 13.3. The molecule has 1 saturated carbocycles. The van der Waals surface area contributed by atoms with E-state index < -0.39 is 0 Å². The third kappa shape index (κ3) is 6.46. The molecule has 1 amide bonds. The summed E-state index contributed by atoms with van der Waals surface area (Å²) in [5.41, 5.74) is 4.74. The van der Waals surface area contributed by atoms with Crippen molar-refractivity contribution in [3.63, 3.8) is 0 Å². The van der Waals surface area contributed by atoms with Crippen LogP contribution in [0.25, 0.3) is 10.9 Å². The Morgan fingerprint density at radius 3 is 2.38 bits per heavy atom. The number of rotatable bonds is 8.